The molecule has 4 heterocycles. The molecule has 0 radical (unpaired) electrons. The van der Waals surface area contributed by atoms with Gasteiger partial charge in [0, 0.05) is 23.6 Å². The lowest BCUT2D eigenvalue weighted by Crippen LogP contribution is -2.50. The van der Waals surface area contributed by atoms with Gasteiger partial charge in [-0.05, 0) is 87.9 Å². The van der Waals surface area contributed by atoms with Crippen LogP contribution in [0, 0.1) is 5.82 Å². The van der Waals surface area contributed by atoms with Crippen LogP contribution in [0.25, 0.3) is 31.8 Å². The number of likely N-dealkylation sites (tertiary alicyclic amines) is 1. The van der Waals surface area contributed by atoms with Crippen LogP contribution in [0.4, 0.5) is 18.8 Å². The van der Waals surface area contributed by atoms with Gasteiger partial charge in [0.15, 0.2) is 5.82 Å². The lowest BCUT2D eigenvalue weighted by atomic mass is 10.2. The summed E-state index contributed by atoms with van der Waals surface area (Å²) in [7, 11) is -3.40. The van der Waals surface area contributed by atoms with Gasteiger partial charge in [-0.1, -0.05) is 44.4 Å². The number of primary amides is 1. The Hall–Kier alpha value is -4.88. The molecular weight excluding hydrogens is 798 g/mol. The quantitative estimate of drug-likeness (QED) is 0.119. The monoisotopic (exact) mass is 843 g/mol. The Kier molecular flexibility index (Phi) is 14.4. The molecular formula is C38H46FN7O8S3. The van der Waals surface area contributed by atoms with Crippen LogP contribution in [0.15, 0.2) is 54.1 Å². The Labute approximate surface area is 338 Å². The second-order valence-corrected chi connectivity index (χ2v) is 18.3. The highest BCUT2D eigenvalue weighted by Crippen LogP contribution is 2.39. The van der Waals surface area contributed by atoms with Crippen molar-refractivity contribution < 1.29 is 41.5 Å². The van der Waals surface area contributed by atoms with E-state index in [1.165, 1.54) is 42.7 Å². The molecule has 1 aliphatic carbocycles. The van der Waals surface area contributed by atoms with E-state index in [9.17, 15) is 32.0 Å². The Morgan fingerprint density at radius 2 is 1.88 bits per heavy atom. The summed E-state index contributed by atoms with van der Waals surface area (Å²) >= 11 is 2.23. The average molecular weight is 844 g/mol. The second-order valence-electron chi connectivity index (χ2n) is 14.4. The van der Waals surface area contributed by atoms with Crippen LogP contribution in [0.3, 0.4) is 0 Å². The molecule has 0 spiro atoms. The third-order valence-corrected chi connectivity index (χ3v) is 12.2. The number of alkyl carbamates (subject to hydrolysis) is 1. The van der Waals surface area contributed by atoms with Crippen LogP contribution < -0.4 is 20.5 Å². The SMILES string of the molecule is CC(C)(C)OC(=O)NC(=O)N1CC(Oc2nc(-c3cccc(F)c3)nc3c2sc2ncccc23)CC1C(N)=O.CCCCCC/C=C\SC(=O)NS(=O)(=O)C1CC1. The maximum Gasteiger partial charge on any atom is 0.415 e. The number of unbranched alkanes of at least 4 members (excludes halogenated alkanes) is 4. The summed E-state index contributed by atoms with van der Waals surface area (Å²) in [6.07, 6.45) is 9.05. The Balaban J connectivity index is 0.000000290. The molecule has 1 saturated carbocycles. The molecule has 2 unspecified atom stereocenters. The van der Waals surface area contributed by atoms with Crippen LogP contribution >= 0.6 is 23.1 Å². The maximum absolute atomic E-state index is 14.0. The summed E-state index contributed by atoms with van der Waals surface area (Å²) in [6, 6.07) is 7.68. The van der Waals surface area contributed by atoms with Crippen molar-refractivity contribution in [1.29, 1.82) is 0 Å². The highest BCUT2D eigenvalue weighted by atomic mass is 32.2. The molecule has 4 aromatic rings. The Bertz CT molecular complexity index is 2240. The van der Waals surface area contributed by atoms with Gasteiger partial charge in [0.05, 0.1) is 17.3 Å². The molecule has 15 nitrogen and oxygen atoms in total. The lowest BCUT2D eigenvalue weighted by Gasteiger charge is -2.24. The van der Waals surface area contributed by atoms with E-state index in [1.54, 1.807) is 50.6 Å². The number of hydrogen-bond acceptors (Lipinski definition) is 13. The summed E-state index contributed by atoms with van der Waals surface area (Å²) in [5.74, 6) is -0.753. The fourth-order valence-corrected chi connectivity index (χ4v) is 8.82. The number of nitrogens with one attached hydrogen (secondary N) is 2. The molecule has 1 aliphatic heterocycles. The lowest BCUT2D eigenvalue weighted by molar-refractivity contribution is -0.121. The van der Waals surface area contributed by atoms with Crippen molar-refractivity contribution in [3.05, 3.63) is 59.9 Å². The number of hydrogen-bond donors (Lipinski definition) is 3. The predicted octanol–water partition coefficient (Wildman–Crippen LogP) is 7.40. The molecule has 1 aromatic carbocycles. The number of carbonyl (C=O) groups excluding carboxylic acids is 4. The van der Waals surface area contributed by atoms with E-state index in [0.717, 1.165) is 34.9 Å². The molecule has 5 amide bonds. The number of thioether (sulfide) groups is 1. The third-order valence-electron chi connectivity index (χ3n) is 8.56. The number of rotatable bonds is 12. The summed E-state index contributed by atoms with van der Waals surface area (Å²) in [6.45, 7) is 7.09. The molecule has 2 fully saturated rings. The largest absolute Gasteiger partial charge is 0.471 e. The zero-order chi connectivity index (χ0) is 41.3. The normalized spacial score (nSPS) is 17.0. The molecule has 6 rings (SSSR count). The van der Waals surface area contributed by atoms with Crippen LogP contribution in [-0.4, -0.2) is 81.1 Å². The Morgan fingerprint density at radius 3 is 2.56 bits per heavy atom. The van der Waals surface area contributed by atoms with E-state index in [0.29, 0.717) is 33.5 Å². The van der Waals surface area contributed by atoms with E-state index >= 15 is 0 Å². The zero-order valence-electron chi connectivity index (χ0n) is 32.0. The standard InChI is InChI=1S/C26H25FN6O5S.C12H21NO3S2/c1-26(2,3)38-25(36)32-24(35)33-12-15(11-17(33)20(28)34)37-22-19-18(16-8-5-9-29-23(16)39-19)30-21(31-22)13-6-4-7-14(27)10-13;1-2-3-4-5-6-7-10-17-12(14)13-18(15,16)11-8-9-11/h4-10,15,17H,11-12H2,1-3H3,(H2,28,34)(H,32,35,36);7,10-11H,2-6,8-9H2,1H3,(H,13,14)/b;10-7-. The highest BCUT2D eigenvalue weighted by Gasteiger charge is 2.41. The Morgan fingerprint density at radius 1 is 1.11 bits per heavy atom. The van der Waals surface area contributed by atoms with Gasteiger partial charge >= 0.3 is 12.1 Å². The molecule has 306 valence electrons. The number of halogens is 1. The van der Waals surface area contributed by atoms with Crippen molar-refractivity contribution in [2.24, 2.45) is 5.73 Å². The molecule has 19 heteroatoms. The summed E-state index contributed by atoms with van der Waals surface area (Å²) in [5, 5.41) is 3.72. The van der Waals surface area contributed by atoms with E-state index in [1.807, 2.05) is 12.1 Å². The first-order chi connectivity index (χ1) is 27.0. The first-order valence-corrected chi connectivity index (χ1v) is 21.7. The van der Waals surface area contributed by atoms with Gasteiger partial charge in [-0.25, -0.2) is 42.4 Å². The molecule has 3 aromatic heterocycles. The number of nitrogens with two attached hydrogens (primary N) is 1. The number of aromatic nitrogens is 3. The maximum atomic E-state index is 14.0. The number of sulfonamides is 1. The number of urea groups is 1. The summed E-state index contributed by atoms with van der Waals surface area (Å²) < 4.78 is 50.9. The fourth-order valence-electron chi connectivity index (χ4n) is 5.76. The first-order valence-electron chi connectivity index (χ1n) is 18.5. The summed E-state index contributed by atoms with van der Waals surface area (Å²) in [4.78, 5) is 64.0. The molecule has 2 aliphatic rings. The van der Waals surface area contributed by atoms with Crippen LogP contribution in [0.1, 0.15) is 79.1 Å². The van der Waals surface area contributed by atoms with Gasteiger partial charge in [0.25, 0.3) is 5.24 Å². The van der Waals surface area contributed by atoms with Crippen molar-refractivity contribution in [2.45, 2.75) is 102 Å². The van der Waals surface area contributed by atoms with E-state index in [2.05, 4.69) is 31.9 Å². The minimum atomic E-state index is -3.40. The van der Waals surface area contributed by atoms with E-state index in [4.69, 9.17) is 15.2 Å². The topological polar surface area (TPSA) is 213 Å². The minimum absolute atomic E-state index is 0.0494. The number of benzene rings is 1. The smallest absolute Gasteiger partial charge is 0.415 e. The van der Waals surface area contributed by atoms with Gasteiger partial charge < -0.3 is 20.1 Å². The van der Waals surface area contributed by atoms with Crippen molar-refractivity contribution in [3.8, 4) is 17.3 Å². The van der Waals surface area contributed by atoms with Crippen molar-refractivity contribution in [1.82, 2.24) is 29.9 Å². The number of fused-ring (bicyclic) bond motifs is 3. The number of carbonyl (C=O) groups is 4. The zero-order valence-corrected chi connectivity index (χ0v) is 34.5. The van der Waals surface area contributed by atoms with Crippen molar-refractivity contribution >= 4 is 76.8 Å². The van der Waals surface area contributed by atoms with Gasteiger partial charge in [-0.3, -0.25) is 9.59 Å². The first kappa shape index (κ1) is 43.2. The number of allylic oxidation sites excluding steroid dienone is 1. The summed E-state index contributed by atoms with van der Waals surface area (Å²) in [5.41, 5.74) is 5.78. The van der Waals surface area contributed by atoms with Crippen molar-refractivity contribution in [3.63, 3.8) is 0 Å². The van der Waals surface area contributed by atoms with Crippen LogP contribution in [0.5, 0.6) is 5.88 Å². The number of thiophene rings is 1. The number of pyridine rings is 1. The fraction of sp³-hybridized carbons (Fsp3) is 0.447. The van der Waals surface area contributed by atoms with Crippen LogP contribution in [-0.2, 0) is 19.6 Å². The number of nitrogens with zero attached hydrogens (tertiary/aromatic N) is 4. The average Bonchev–Trinajstić information content (AvgIpc) is 3.82. The van der Waals surface area contributed by atoms with Gasteiger partial charge in [0.1, 0.15) is 33.1 Å². The number of amides is 5. The van der Waals surface area contributed by atoms with E-state index < -0.39 is 56.9 Å². The van der Waals surface area contributed by atoms with Gasteiger partial charge in [0.2, 0.25) is 21.8 Å². The van der Waals surface area contributed by atoms with Gasteiger partial charge in [-0.15, -0.1) is 11.3 Å². The van der Waals surface area contributed by atoms with Crippen LogP contribution in [0.2, 0.25) is 0 Å². The number of imide groups is 1. The third kappa shape index (κ3) is 12.3. The molecule has 1 saturated heterocycles. The molecule has 2 atom stereocenters. The van der Waals surface area contributed by atoms with Crippen molar-refractivity contribution in [2.75, 3.05) is 6.54 Å². The molecule has 57 heavy (non-hydrogen) atoms. The van der Waals surface area contributed by atoms with E-state index in [-0.39, 0.29) is 29.9 Å². The highest BCUT2D eigenvalue weighted by molar-refractivity contribution is 8.17. The molecule has 0 bridgehead atoms. The predicted molar refractivity (Wildman–Crippen MR) is 218 cm³/mol. The number of ether oxygens (including phenoxy) is 2. The van der Waals surface area contributed by atoms with Gasteiger partial charge in [-0.2, -0.15) is 4.98 Å². The minimum Gasteiger partial charge on any atom is -0.471 e. The second kappa shape index (κ2) is 19.0. The molecule has 4 N–H and O–H groups in total.